The molecule has 1 atom stereocenters. The Hall–Kier alpha value is -3.04. The molecule has 10 heteroatoms. The van der Waals surface area contributed by atoms with Gasteiger partial charge in [0.1, 0.15) is 5.82 Å². The molecule has 3 aromatic rings. The number of hydrogen-bond acceptors (Lipinski definition) is 5. The summed E-state index contributed by atoms with van der Waals surface area (Å²) in [4.78, 5) is 32.6. The molecule has 1 aromatic heterocycles. The Morgan fingerprint density at radius 3 is 2.38 bits per heavy atom. The molecule has 2 aliphatic rings. The van der Waals surface area contributed by atoms with Crippen LogP contribution in [0.3, 0.4) is 0 Å². The topological polar surface area (TPSA) is 91.8 Å². The summed E-state index contributed by atoms with van der Waals surface area (Å²) in [5.74, 6) is -1.40. The van der Waals surface area contributed by atoms with Gasteiger partial charge in [-0.05, 0) is 68.7 Å². The molecule has 39 heavy (non-hydrogen) atoms. The Kier molecular flexibility index (Phi) is 6.96. The molecule has 2 N–H and O–H groups in total. The molecule has 0 radical (unpaired) electrons. The van der Waals surface area contributed by atoms with Crippen molar-refractivity contribution in [1.29, 1.82) is 0 Å². The van der Waals surface area contributed by atoms with Gasteiger partial charge in [0.25, 0.3) is 5.91 Å². The van der Waals surface area contributed by atoms with Gasteiger partial charge in [0, 0.05) is 23.8 Å². The summed E-state index contributed by atoms with van der Waals surface area (Å²) in [6.45, 7) is 2.94. The lowest BCUT2D eigenvalue weighted by atomic mass is 9.88. The fourth-order valence-corrected chi connectivity index (χ4v) is 5.28. The van der Waals surface area contributed by atoms with Gasteiger partial charge in [-0.15, -0.1) is 0 Å². The number of carbonyl (C=O) groups excluding carboxylic acids is 2. The number of ether oxygens (including phenoxy) is 1. The number of aromatic nitrogens is 1. The smallest absolute Gasteiger partial charge is 0.257 e. The van der Waals surface area contributed by atoms with Gasteiger partial charge < -0.3 is 15.2 Å². The largest absolute Gasteiger partial charge is 0.386 e. The van der Waals surface area contributed by atoms with Gasteiger partial charge in [0.2, 0.25) is 5.91 Å². The number of rotatable bonds is 8. The van der Waals surface area contributed by atoms with E-state index in [1.165, 1.54) is 37.1 Å². The molecule has 1 aliphatic heterocycles. The Morgan fingerprint density at radius 1 is 1.15 bits per heavy atom. The first-order valence-electron chi connectivity index (χ1n) is 12.5. The highest BCUT2D eigenvalue weighted by molar-refractivity contribution is 6.30. The molecular weight excluding hydrogens is 544 g/mol. The van der Waals surface area contributed by atoms with Crippen LogP contribution in [-0.2, 0) is 27.4 Å². The van der Waals surface area contributed by atoms with E-state index in [1.54, 1.807) is 43.4 Å². The van der Waals surface area contributed by atoms with Gasteiger partial charge in [-0.3, -0.25) is 19.5 Å². The van der Waals surface area contributed by atoms with Crippen molar-refractivity contribution in [1.82, 2.24) is 15.2 Å². The van der Waals surface area contributed by atoms with Crippen LogP contribution in [0.15, 0.2) is 54.7 Å². The summed E-state index contributed by atoms with van der Waals surface area (Å²) in [5, 5.41) is 14.2. The van der Waals surface area contributed by atoms with Crippen molar-refractivity contribution in [3.63, 3.8) is 0 Å². The monoisotopic (exact) mass is 571 g/mol. The zero-order valence-corrected chi connectivity index (χ0v) is 23.2. The Labute approximate surface area is 235 Å². The zero-order valence-electron chi connectivity index (χ0n) is 21.7. The maximum absolute atomic E-state index is 16.2. The number of fused-ring (bicyclic) bond motifs is 1. The first-order chi connectivity index (χ1) is 18.4. The van der Waals surface area contributed by atoms with Crippen molar-refractivity contribution < 1.29 is 23.8 Å². The van der Waals surface area contributed by atoms with Gasteiger partial charge in [-0.1, -0.05) is 35.3 Å². The predicted molar refractivity (Wildman–Crippen MR) is 145 cm³/mol. The van der Waals surface area contributed by atoms with E-state index < -0.39 is 28.5 Å². The van der Waals surface area contributed by atoms with Crippen LogP contribution in [0.25, 0.3) is 0 Å². The summed E-state index contributed by atoms with van der Waals surface area (Å²) < 4.78 is 22.9. The van der Waals surface area contributed by atoms with Crippen LogP contribution in [0.2, 0.25) is 10.0 Å². The van der Waals surface area contributed by atoms with Gasteiger partial charge >= 0.3 is 0 Å². The third-order valence-corrected chi connectivity index (χ3v) is 7.93. The molecule has 204 valence electrons. The Bertz CT molecular complexity index is 1440. The van der Waals surface area contributed by atoms with Crippen molar-refractivity contribution in [2.24, 2.45) is 5.41 Å². The van der Waals surface area contributed by atoms with Gasteiger partial charge in [-0.2, -0.15) is 0 Å². The highest BCUT2D eigenvalue weighted by atomic mass is 35.5. The van der Waals surface area contributed by atoms with E-state index >= 15 is 4.39 Å². The second kappa shape index (κ2) is 9.86. The lowest BCUT2D eigenvalue weighted by molar-refractivity contribution is -0.144. The lowest BCUT2D eigenvalue weighted by Gasteiger charge is -2.40. The van der Waals surface area contributed by atoms with E-state index in [0.29, 0.717) is 34.1 Å². The molecule has 7 nitrogen and oxygen atoms in total. The van der Waals surface area contributed by atoms with E-state index in [1.807, 2.05) is 0 Å². The summed E-state index contributed by atoms with van der Waals surface area (Å²) in [6, 6.07) is 12.7. The molecule has 2 heterocycles. The molecule has 1 aliphatic carbocycles. The maximum Gasteiger partial charge on any atom is 0.257 e. The van der Waals surface area contributed by atoms with Crippen LogP contribution < -0.4 is 5.32 Å². The second-order valence-electron chi connectivity index (χ2n) is 10.6. The Morgan fingerprint density at radius 2 is 1.82 bits per heavy atom. The summed E-state index contributed by atoms with van der Waals surface area (Å²) in [5.41, 5.74) is -2.67. The average Bonchev–Trinajstić information content (AvgIpc) is 3.65. The van der Waals surface area contributed by atoms with E-state index in [9.17, 15) is 14.7 Å². The molecule has 0 bridgehead atoms. The van der Waals surface area contributed by atoms with Crippen molar-refractivity contribution in [2.45, 2.75) is 44.6 Å². The van der Waals surface area contributed by atoms with Crippen LogP contribution >= 0.6 is 23.2 Å². The van der Waals surface area contributed by atoms with E-state index in [0.717, 1.165) is 0 Å². The van der Waals surface area contributed by atoms with Crippen molar-refractivity contribution >= 4 is 35.0 Å². The third kappa shape index (κ3) is 4.80. The molecular formula is C29H28Cl2FN3O4. The summed E-state index contributed by atoms with van der Waals surface area (Å²) in [6.07, 6.45) is 2.67. The van der Waals surface area contributed by atoms with Crippen molar-refractivity contribution in [3.8, 4) is 0 Å². The van der Waals surface area contributed by atoms with E-state index in [-0.39, 0.29) is 35.7 Å². The molecule has 2 amide bonds. The highest BCUT2D eigenvalue weighted by Crippen LogP contribution is 2.52. The highest BCUT2D eigenvalue weighted by Gasteiger charge is 2.58. The summed E-state index contributed by atoms with van der Waals surface area (Å²) in [7, 11) is 1.56. The number of nitrogens with zero attached hydrogens (tertiary/aromatic N) is 2. The van der Waals surface area contributed by atoms with Crippen LogP contribution in [-0.4, -0.2) is 40.5 Å². The molecule has 0 spiro atoms. The van der Waals surface area contributed by atoms with Crippen LogP contribution in [0.4, 0.5) is 4.39 Å². The van der Waals surface area contributed by atoms with E-state index in [2.05, 4.69) is 10.3 Å². The minimum Gasteiger partial charge on any atom is -0.386 e. The van der Waals surface area contributed by atoms with Gasteiger partial charge in [0.05, 0.1) is 46.0 Å². The van der Waals surface area contributed by atoms with Crippen molar-refractivity contribution in [3.05, 3.63) is 98.5 Å². The molecule has 2 aromatic carbocycles. The number of benzene rings is 2. The number of carbonyl (C=O) groups is 2. The SMILES string of the molecule is CNC(=O)C1(CO[C@]2(c3ccc(Cl)cc3)c3c(F)cc(C(C)(C)O)cc3C(=O)N2Cc2ccc(Cl)cn2)CC1. The van der Waals surface area contributed by atoms with Gasteiger partial charge in [0.15, 0.2) is 5.72 Å². The van der Waals surface area contributed by atoms with Crippen LogP contribution in [0.1, 0.15) is 59.4 Å². The standard InChI is InChI=1S/C29H28Cl2FN3O4/c1-27(2,38)18-12-22-24(23(32)13-18)29(17-4-6-19(30)7-5-17,39-16-28(10-11-28)26(37)33-3)35(25(22)36)15-21-9-8-20(31)14-34-21/h4-9,12-14,38H,10-11,15-16H2,1-3H3,(H,33,37)/t29-/m1/s1. The predicted octanol–water partition coefficient (Wildman–Crippen LogP) is 5.15. The first kappa shape index (κ1) is 27.5. The van der Waals surface area contributed by atoms with Crippen LogP contribution in [0, 0.1) is 11.2 Å². The molecule has 0 unspecified atom stereocenters. The molecule has 1 fully saturated rings. The zero-order chi connectivity index (χ0) is 28.2. The quantitative estimate of drug-likeness (QED) is 0.390. The minimum absolute atomic E-state index is 0.00416. The maximum atomic E-state index is 16.2. The fourth-order valence-electron chi connectivity index (χ4n) is 5.05. The normalized spacial score (nSPS) is 19.7. The Balaban J connectivity index is 1.74. The molecule has 0 saturated heterocycles. The number of aliphatic hydroxyl groups is 1. The minimum atomic E-state index is -1.75. The van der Waals surface area contributed by atoms with Crippen molar-refractivity contribution in [2.75, 3.05) is 13.7 Å². The third-order valence-electron chi connectivity index (χ3n) is 7.46. The molecule has 1 saturated carbocycles. The number of pyridine rings is 1. The van der Waals surface area contributed by atoms with Crippen LogP contribution in [0.5, 0.6) is 0 Å². The van der Waals surface area contributed by atoms with Gasteiger partial charge in [-0.25, -0.2) is 4.39 Å². The number of hydrogen-bond donors (Lipinski definition) is 2. The number of halogens is 3. The number of amides is 2. The lowest BCUT2D eigenvalue weighted by Crippen LogP contribution is -2.48. The average molecular weight is 572 g/mol. The summed E-state index contributed by atoms with van der Waals surface area (Å²) >= 11 is 12.2. The fraction of sp³-hybridized carbons (Fsp3) is 0.345. The first-order valence-corrected chi connectivity index (χ1v) is 13.3. The number of nitrogens with one attached hydrogen (secondary N) is 1. The van der Waals surface area contributed by atoms with E-state index in [4.69, 9.17) is 27.9 Å². The molecule has 5 rings (SSSR count). The second-order valence-corrected chi connectivity index (χ2v) is 11.5.